The number of hydrogen-bond acceptors (Lipinski definition) is 4. The summed E-state index contributed by atoms with van der Waals surface area (Å²) in [5.41, 5.74) is 6.85. The van der Waals surface area contributed by atoms with E-state index in [1.165, 1.54) is 5.56 Å². The SMILES string of the molecule is CC1(C)COC2(CC[C@H](C(=O)O)C2)OC1.C[C@H](N)c1ccccc1. The monoisotopic (exact) mass is 335 g/mol. The van der Waals surface area contributed by atoms with Gasteiger partial charge in [-0.15, -0.1) is 0 Å². The zero-order valence-electron chi connectivity index (χ0n) is 14.8. The second-order valence-corrected chi connectivity index (χ2v) is 7.63. The first kappa shape index (κ1) is 18.9. The Morgan fingerprint density at radius 3 is 2.25 bits per heavy atom. The zero-order valence-corrected chi connectivity index (χ0v) is 14.8. The lowest BCUT2D eigenvalue weighted by Crippen LogP contribution is -2.46. The maximum atomic E-state index is 10.8. The number of nitrogens with two attached hydrogens (primary N) is 1. The molecule has 0 amide bonds. The minimum atomic E-state index is -0.732. The molecule has 1 spiro atoms. The van der Waals surface area contributed by atoms with Crippen LogP contribution in [0.5, 0.6) is 0 Å². The van der Waals surface area contributed by atoms with Crippen LogP contribution in [-0.4, -0.2) is 30.1 Å². The lowest BCUT2D eigenvalue weighted by atomic mass is 9.94. The predicted octanol–water partition coefficient (Wildman–Crippen LogP) is 3.35. The molecule has 0 bridgehead atoms. The Balaban J connectivity index is 0.000000198. The van der Waals surface area contributed by atoms with E-state index in [0.29, 0.717) is 32.5 Å². The Labute approximate surface area is 144 Å². The van der Waals surface area contributed by atoms with Crippen molar-refractivity contribution in [2.45, 2.75) is 51.9 Å². The summed E-state index contributed by atoms with van der Waals surface area (Å²) in [5.74, 6) is -1.63. The first-order chi connectivity index (χ1) is 11.2. The number of aliphatic carboxylic acids is 1. The fraction of sp³-hybridized carbons (Fsp3) is 0.632. The van der Waals surface area contributed by atoms with Gasteiger partial charge in [-0.05, 0) is 18.9 Å². The van der Waals surface area contributed by atoms with Crippen molar-refractivity contribution in [1.82, 2.24) is 0 Å². The minimum absolute atomic E-state index is 0.0482. The Morgan fingerprint density at radius 1 is 1.25 bits per heavy atom. The highest BCUT2D eigenvalue weighted by Crippen LogP contribution is 2.43. The Kier molecular flexibility index (Phi) is 6.01. The van der Waals surface area contributed by atoms with E-state index in [9.17, 15) is 4.79 Å². The molecule has 1 saturated carbocycles. The van der Waals surface area contributed by atoms with E-state index in [2.05, 4.69) is 13.8 Å². The summed E-state index contributed by atoms with van der Waals surface area (Å²) < 4.78 is 11.5. The molecular weight excluding hydrogens is 306 g/mol. The second kappa shape index (κ2) is 7.64. The molecule has 2 atom stereocenters. The Morgan fingerprint density at radius 2 is 1.83 bits per heavy atom. The van der Waals surface area contributed by atoms with Crippen molar-refractivity contribution in [3.63, 3.8) is 0 Å². The van der Waals surface area contributed by atoms with Crippen LogP contribution in [0.25, 0.3) is 0 Å². The predicted molar refractivity (Wildman–Crippen MR) is 92.4 cm³/mol. The maximum Gasteiger partial charge on any atom is 0.306 e. The molecule has 2 fully saturated rings. The van der Waals surface area contributed by atoms with Crippen LogP contribution in [0.3, 0.4) is 0 Å². The number of carboxylic acid groups (broad SMARTS) is 1. The molecule has 0 radical (unpaired) electrons. The van der Waals surface area contributed by atoms with E-state index >= 15 is 0 Å². The van der Waals surface area contributed by atoms with Gasteiger partial charge in [0.2, 0.25) is 0 Å². The minimum Gasteiger partial charge on any atom is -0.481 e. The van der Waals surface area contributed by atoms with Gasteiger partial charge in [0.1, 0.15) is 0 Å². The number of carboxylic acids is 1. The van der Waals surface area contributed by atoms with Crippen LogP contribution in [0.2, 0.25) is 0 Å². The average Bonchev–Trinajstić information content (AvgIpc) is 2.97. The highest BCUT2D eigenvalue weighted by atomic mass is 16.7. The van der Waals surface area contributed by atoms with Gasteiger partial charge in [0, 0.05) is 24.3 Å². The largest absolute Gasteiger partial charge is 0.481 e. The lowest BCUT2D eigenvalue weighted by Gasteiger charge is -2.41. The summed E-state index contributed by atoms with van der Waals surface area (Å²) in [6, 6.07) is 10.2. The third-order valence-corrected chi connectivity index (χ3v) is 4.56. The molecule has 0 aromatic heterocycles. The summed E-state index contributed by atoms with van der Waals surface area (Å²) >= 11 is 0. The van der Waals surface area contributed by atoms with Gasteiger partial charge in [-0.25, -0.2) is 0 Å². The third-order valence-electron chi connectivity index (χ3n) is 4.56. The smallest absolute Gasteiger partial charge is 0.306 e. The molecule has 1 saturated heterocycles. The van der Waals surface area contributed by atoms with Gasteiger partial charge in [0.15, 0.2) is 5.79 Å². The molecule has 5 nitrogen and oxygen atoms in total. The molecule has 2 aliphatic rings. The molecule has 1 heterocycles. The summed E-state index contributed by atoms with van der Waals surface area (Å²) in [6.45, 7) is 7.46. The fourth-order valence-corrected chi connectivity index (χ4v) is 2.94. The van der Waals surface area contributed by atoms with Crippen LogP contribution in [0, 0.1) is 11.3 Å². The topological polar surface area (TPSA) is 81.8 Å². The first-order valence-electron chi connectivity index (χ1n) is 8.54. The van der Waals surface area contributed by atoms with Gasteiger partial charge >= 0.3 is 5.97 Å². The second-order valence-electron chi connectivity index (χ2n) is 7.63. The number of ether oxygens (including phenoxy) is 2. The maximum absolute atomic E-state index is 10.8. The van der Waals surface area contributed by atoms with Gasteiger partial charge in [-0.3, -0.25) is 4.79 Å². The highest BCUT2D eigenvalue weighted by molar-refractivity contribution is 5.70. The van der Waals surface area contributed by atoms with Crippen LogP contribution < -0.4 is 5.73 Å². The van der Waals surface area contributed by atoms with Crippen molar-refractivity contribution in [3.8, 4) is 0 Å². The zero-order chi connectivity index (χ0) is 17.8. The molecule has 5 heteroatoms. The van der Waals surface area contributed by atoms with Crippen molar-refractivity contribution in [1.29, 1.82) is 0 Å². The molecule has 1 aromatic carbocycles. The lowest BCUT2D eigenvalue weighted by molar-refractivity contribution is -0.295. The Hall–Kier alpha value is -1.43. The summed E-state index contributed by atoms with van der Waals surface area (Å²) in [5, 5.41) is 8.92. The van der Waals surface area contributed by atoms with E-state index in [-0.39, 0.29) is 17.4 Å². The van der Waals surface area contributed by atoms with E-state index in [1.807, 2.05) is 37.3 Å². The van der Waals surface area contributed by atoms with E-state index in [0.717, 1.165) is 0 Å². The van der Waals surface area contributed by atoms with E-state index < -0.39 is 11.8 Å². The summed E-state index contributed by atoms with van der Waals surface area (Å²) in [4.78, 5) is 10.8. The van der Waals surface area contributed by atoms with Crippen LogP contribution in [0.4, 0.5) is 0 Å². The van der Waals surface area contributed by atoms with Gasteiger partial charge < -0.3 is 20.3 Å². The summed E-state index contributed by atoms with van der Waals surface area (Å²) in [7, 11) is 0. The van der Waals surface area contributed by atoms with Crippen molar-refractivity contribution < 1.29 is 19.4 Å². The Bertz CT molecular complexity index is 532. The normalized spacial score (nSPS) is 25.6. The van der Waals surface area contributed by atoms with Gasteiger partial charge in [0.05, 0.1) is 19.1 Å². The number of rotatable bonds is 2. The van der Waals surface area contributed by atoms with Crippen molar-refractivity contribution in [3.05, 3.63) is 35.9 Å². The first-order valence-corrected chi connectivity index (χ1v) is 8.54. The van der Waals surface area contributed by atoms with E-state index in [1.54, 1.807) is 0 Å². The van der Waals surface area contributed by atoms with Crippen molar-refractivity contribution in [2.24, 2.45) is 17.1 Å². The molecule has 24 heavy (non-hydrogen) atoms. The van der Waals surface area contributed by atoms with Crippen LogP contribution in [0.15, 0.2) is 30.3 Å². The van der Waals surface area contributed by atoms with Gasteiger partial charge in [-0.2, -0.15) is 0 Å². The molecular formula is C19H29NO4. The molecule has 1 aliphatic heterocycles. The van der Waals surface area contributed by atoms with Crippen LogP contribution >= 0.6 is 0 Å². The number of benzene rings is 1. The third kappa shape index (κ3) is 5.03. The highest BCUT2D eigenvalue weighted by Gasteiger charge is 2.48. The fourth-order valence-electron chi connectivity index (χ4n) is 2.94. The van der Waals surface area contributed by atoms with Crippen molar-refractivity contribution >= 4 is 5.97 Å². The number of carbonyl (C=O) groups is 1. The van der Waals surface area contributed by atoms with Crippen LogP contribution in [0.1, 0.15) is 51.6 Å². The van der Waals surface area contributed by atoms with Crippen molar-refractivity contribution in [2.75, 3.05) is 13.2 Å². The molecule has 1 aliphatic carbocycles. The average molecular weight is 335 g/mol. The quantitative estimate of drug-likeness (QED) is 0.866. The number of hydrogen-bond donors (Lipinski definition) is 2. The standard InChI is InChI=1S/C11H18O4.C8H11N/c1-10(2)6-14-11(15-7-10)4-3-8(5-11)9(12)13;1-7(9)8-5-3-2-4-6-8/h8H,3-7H2,1-2H3,(H,12,13);2-7H,9H2,1H3/t8-;7-/m00/s1. The molecule has 0 unspecified atom stereocenters. The molecule has 1 aromatic rings. The van der Waals surface area contributed by atoms with Gasteiger partial charge in [0.25, 0.3) is 0 Å². The van der Waals surface area contributed by atoms with Crippen LogP contribution in [-0.2, 0) is 14.3 Å². The van der Waals surface area contributed by atoms with Gasteiger partial charge in [-0.1, -0.05) is 44.2 Å². The summed E-state index contributed by atoms with van der Waals surface area (Å²) in [6.07, 6.45) is 1.87. The molecule has 3 N–H and O–H groups in total. The van der Waals surface area contributed by atoms with E-state index in [4.69, 9.17) is 20.3 Å². The molecule has 134 valence electrons. The molecule has 3 rings (SSSR count).